The lowest BCUT2D eigenvalue weighted by Gasteiger charge is -2.32. The lowest BCUT2D eigenvalue weighted by Crippen LogP contribution is -2.37. The topological polar surface area (TPSA) is 38.5 Å². The van der Waals surface area contributed by atoms with Crippen molar-refractivity contribution in [2.45, 2.75) is 26.3 Å². The molecule has 0 saturated carbocycles. The van der Waals surface area contributed by atoms with Crippen molar-refractivity contribution < 1.29 is 13.5 Å². The lowest BCUT2D eigenvalue weighted by molar-refractivity contribution is 0.124. The smallest absolute Gasteiger partial charge is 0.191 e. The van der Waals surface area contributed by atoms with Crippen LogP contribution in [0.4, 0.5) is 4.39 Å². The Kier molecular flexibility index (Phi) is 4.73. The largest absolute Gasteiger partial charge is 0.493 e. The van der Waals surface area contributed by atoms with Crippen LogP contribution < -0.4 is 4.74 Å². The first-order valence-electron chi connectivity index (χ1n) is 7.71. The van der Waals surface area contributed by atoms with E-state index in [4.69, 9.17) is 9.15 Å². The third-order valence-corrected chi connectivity index (χ3v) is 3.94. The summed E-state index contributed by atoms with van der Waals surface area (Å²) >= 11 is 0. The molecule has 0 spiro atoms. The number of likely N-dealkylation sites (tertiary alicyclic amines) is 1. The number of aryl methyl sites for hydroxylation is 1. The number of nitrogens with zero attached hydrogens (tertiary/aromatic N) is 2. The molecule has 0 aliphatic carbocycles. The number of aromatic nitrogens is 1. The monoisotopic (exact) mass is 304 g/mol. The standard InChI is InChI=1S/C17H21FN2O2/c1-13-19-16(12-21-13)10-20-7-3-4-14(9-20)11-22-17-6-2-5-15(18)8-17/h2,5-6,8,12,14H,3-4,7,9-11H2,1H3/t14-/m0/s1. The Morgan fingerprint density at radius 2 is 2.36 bits per heavy atom. The van der Waals surface area contributed by atoms with Crippen molar-refractivity contribution in [3.05, 3.63) is 47.9 Å². The van der Waals surface area contributed by atoms with E-state index in [1.54, 1.807) is 18.4 Å². The van der Waals surface area contributed by atoms with Gasteiger partial charge in [0.05, 0.1) is 12.3 Å². The van der Waals surface area contributed by atoms with Crippen molar-refractivity contribution in [3.63, 3.8) is 0 Å². The van der Waals surface area contributed by atoms with Crippen molar-refractivity contribution >= 4 is 0 Å². The maximum atomic E-state index is 13.1. The van der Waals surface area contributed by atoms with Crippen molar-refractivity contribution in [2.24, 2.45) is 5.92 Å². The first-order chi connectivity index (χ1) is 10.7. The van der Waals surface area contributed by atoms with Gasteiger partial charge in [0.25, 0.3) is 0 Å². The Morgan fingerprint density at radius 1 is 1.45 bits per heavy atom. The van der Waals surface area contributed by atoms with Crippen molar-refractivity contribution in [2.75, 3.05) is 19.7 Å². The first kappa shape index (κ1) is 15.0. The third-order valence-electron chi connectivity index (χ3n) is 3.94. The zero-order valence-electron chi connectivity index (χ0n) is 12.8. The molecule has 1 aromatic heterocycles. The summed E-state index contributed by atoms with van der Waals surface area (Å²) in [5.41, 5.74) is 0.976. The quantitative estimate of drug-likeness (QED) is 0.848. The van der Waals surface area contributed by atoms with Crippen molar-refractivity contribution in [3.8, 4) is 5.75 Å². The maximum Gasteiger partial charge on any atom is 0.191 e. The van der Waals surface area contributed by atoms with E-state index in [0.717, 1.165) is 38.2 Å². The molecule has 1 aromatic carbocycles. The van der Waals surface area contributed by atoms with E-state index in [9.17, 15) is 4.39 Å². The highest BCUT2D eigenvalue weighted by Gasteiger charge is 2.21. The number of ether oxygens (including phenoxy) is 1. The van der Waals surface area contributed by atoms with Gasteiger partial charge in [-0.2, -0.15) is 0 Å². The van der Waals surface area contributed by atoms with Crippen LogP contribution in [0, 0.1) is 18.7 Å². The van der Waals surface area contributed by atoms with Gasteiger partial charge in [-0.15, -0.1) is 0 Å². The van der Waals surface area contributed by atoms with Crippen molar-refractivity contribution in [1.82, 2.24) is 9.88 Å². The summed E-state index contributed by atoms with van der Waals surface area (Å²) < 4.78 is 24.1. The lowest BCUT2D eigenvalue weighted by atomic mass is 9.99. The number of hydrogen-bond acceptors (Lipinski definition) is 4. The minimum atomic E-state index is -0.260. The summed E-state index contributed by atoms with van der Waals surface area (Å²) in [6.07, 6.45) is 4.01. The van der Waals surface area contributed by atoms with Gasteiger partial charge in [0.1, 0.15) is 17.8 Å². The first-order valence-corrected chi connectivity index (χ1v) is 7.71. The SMILES string of the molecule is Cc1nc(CN2CCC[C@H](COc3cccc(F)c3)C2)co1. The molecule has 2 aromatic rings. The summed E-state index contributed by atoms with van der Waals surface area (Å²) in [5.74, 6) is 1.51. The Labute approximate surface area is 129 Å². The van der Waals surface area contributed by atoms with E-state index >= 15 is 0 Å². The highest BCUT2D eigenvalue weighted by atomic mass is 19.1. The molecule has 2 heterocycles. The van der Waals surface area contributed by atoms with Crippen LogP contribution in [0.5, 0.6) is 5.75 Å². The zero-order chi connectivity index (χ0) is 15.4. The molecule has 0 amide bonds. The number of hydrogen-bond donors (Lipinski definition) is 0. The van der Waals surface area contributed by atoms with Crippen LogP contribution in [0.15, 0.2) is 34.9 Å². The Balaban J connectivity index is 1.50. The third kappa shape index (κ3) is 4.07. The molecule has 0 radical (unpaired) electrons. The second-order valence-electron chi connectivity index (χ2n) is 5.87. The molecule has 118 valence electrons. The van der Waals surface area contributed by atoms with Crippen LogP contribution >= 0.6 is 0 Å². The molecule has 1 aliphatic heterocycles. The number of oxazole rings is 1. The molecule has 0 N–H and O–H groups in total. The minimum absolute atomic E-state index is 0.260. The van der Waals surface area contributed by atoms with Gasteiger partial charge in [0.15, 0.2) is 5.89 Å². The molecule has 5 heteroatoms. The van der Waals surface area contributed by atoms with E-state index in [-0.39, 0.29) is 5.82 Å². The predicted molar refractivity (Wildman–Crippen MR) is 81.1 cm³/mol. The molecule has 3 rings (SSSR count). The summed E-state index contributed by atoms with van der Waals surface area (Å²) in [4.78, 5) is 6.73. The fourth-order valence-electron chi connectivity index (χ4n) is 2.91. The van der Waals surface area contributed by atoms with Gasteiger partial charge in [-0.1, -0.05) is 6.07 Å². The number of benzene rings is 1. The molecular formula is C17H21FN2O2. The second-order valence-corrected chi connectivity index (χ2v) is 5.87. The van der Waals surface area contributed by atoms with Gasteiger partial charge in [-0.05, 0) is 31.5 Å². The Hall–Kier alpha value is -1.88. The molecule has 4 nitrogen and oxygen atoms in total. The van der Waals surface area contributed by atoms with Crippen molar-refractivity contribution in [1.29, 1.82) is 0 Å². The van der Waals surface area contributed by atoms with Gasteiger partial charge in [0.2, 0.25) is 0 Å². The van der Waals surface area contributed by atoms with Crippen LogP contribution in [-0.2, 0) is 6.54 Å². The van der Waals surface area contributed by atoms with Crippen LogP contribution in [-0.4, -0.2) is 29.6 Å². The molecule has 1 atom stereocenters. The Morgan fingerprint density at radius 3 is 3.14 bits per heavy atom. The highest BCUT2D eigenvalue weighted by Crippen LogP contribution is 2.20. The summed E-state index contributed by atoms with van der Waals surface area (Å²) in [7, 11) is 0. The van der Waals surface area contributed by atoms with Crippen LogP contribution in [0.1, 0.15) is 24.4 Å². The van der Waals surface area contributed by atoms with Gasteiger partial charge < -0.3 is 9.15 Å². The average Bonchev–Trinajstić information content (AvgIpc) is 2.91. The van der Waals surface area contributed by atoms with Gasteiger partial charge >= 0.3 is 0 Å². The predicted octanol–water partition coefficient (Wildman–Crippen LogP) is 3.41. The van der Waals surface area contributed by atoms with Crippen LogP contribution in [0.3, 0.4) is 0 Å². The molecule has 22 heavy (non-hydrogen) atoms. The summed E-state index contributed by atoms with van der Waals surface area (Å²) in [6.45, 7) is 5.34. The summed E-state index contributed by atoms with van der Waals surface area (Å²) in [6, 6.07) is 6.32. The molecule has 1 saturated heterocycles. The normalized spacial score (nSPS) is 19.3. The van der Waals surface area contributed by atoms with E-state index in [1.165, 1.54) is 12.1 Å². The molecule has 1 aliphatic rings. The fraction of sp³-hybridized carbons (Fsp3) is 0.471. The molecular weight excluding hydrogens is 283 g/mol. The van der Waals surface area contributed by atoms with E-state index in [1.807, 2.05) is 6.92 Å². The molecule has 0 bridgehead atoms. The van der Waals surface area contributed by atoms with Crippen LogP contribution in [0.2, 0.25) is 0 Å². The number of piperidine rings is 1. The van der Waals surface area contributed by atoms with Gasteiger partial charge in [-0.3, -0.25) is 4.90 Å². The van der Waals surface area contributed by atoms with E-state index < -0.39 is 0 Å². The maximum absolute atomic E-state index is 13.1. The highest BCUT2D eigenvalue weighted by molar-refractivity contribution is 5.22. The average molecular weight is 304 g/mol. The second kappa shape index (κ2) is 6.92. The number of halogens is 1. The van der Waals surface area contributed by atoms with E-state index in [0.29, 0.717) is 24.2 Å². The minimum Gasteiger partial charge on any atom is -0.493 e. The van der Waals surface area contributed by atoms with Gasteiger partial charge in [0, 0.05) is 32.0 Å². The van der Waals surface area contributed by atoms with Gasteiger partial charge in [-0.25, -0.2) is 9.37 Å². The Bertz CT molecular complexity index is 614. The van der Waals surface area contributed by atoms with Crippen LogP contribution in [0.25, 0.3) is 0 Å². The zero-order valence-corrected chi connectivity index (χ0v) is 12.8. The molecule has 1 fully saturated rings. The van der Waals surface area contributed by atoms with E-state index in [2.05, 4.69) is 9.88 Å². The summed E-state index contributed by atoms with van der Waals surface area (Å²) in [5, 5.41) is 0. The fourth-order valence-corrected chi connectivity index (χ4v) is 2.91. The number of rotatable bonds is 5. The molecule has 0 unspecified atom stereocenters.